The van der Waals surface area contributed by atoms with Gasteiger partial charge in [0.2, 0.25) is 0 Å². The Morgan fingerprint density at radius 2 is 2.20 bits per heavy atom. The lowest BCUT2D eigenvalue weighted by Crippen LogP contribution is -2.54. The normalized spacial score (nSPS) is 29.1. The second-order valence-electron chi connectivity index (χ2n) is 4.65. The Balaban J connectivity index is 1.89. The summed E-state index contributed by atoms with van der Waals surface area (Å²) in [6.45, 7) is 5.82. The fourth-order valence-electron chi connectivity index (χ4n) is 3.11. The van der Waals surface area contributed by atoms with E-state index in [1.165, 1.54) is 38.4 Å². The van der Waals surface area contributed by atoms with E-state index in [9.17, 15) is 0 Å². The van der Waals surface area contributed by atoms with Crippen LogP contribution in [0.25, 0.3) is 0 Å². The lowest BCUT2D eigenvalue weighted by molar-refractivity contribution is -0.531. The van der Waals surface area contributed by atoms with Crippen molar-refractivity contribution in [1.82, 2.24) is 9.80 Å². The minimum atomic E-state index is 0.450. The van der Waals surface area contributed by atoms with Gasteiger partial charge in [-0.15, -0.1) is 0 Å². The molecular weight excluding hydrogens is 188 g/mol. The third-order valence-electron chi connectivity index (χ3n) is 3.70. The summed E-state index contributed by atoms with van der Waals surface area (Å²) >= 11 is 0. The standard InChI is InChI=1S/C11H17N4/c12-4-3-10-9-14-7-1-5-13-6-2-8-15(10)11(13)14/h10H,1-3,5-9H2/q+1. The van der Waals surface area contributed by atoms with Crippen molar-refractivity contribution in [3.63, 3.8) is 0 Å². The summed E-state index contributed by atoms with van der Waals surface area (Å²) in [6.07, 6.45) is 3.20. The maximum atomic E-state index is 8.84. The Morgan fingerprint density at radius 3 is 3.07 bits per heavy atom. The molecule has 0 saturated carbocycles. The molecule has 0 radical (unpaired) electrons. The number of rotatable bonds is 1. The highest BCUT2D eigenvalue weighted by atomic mass is 15.5. The summed E-state index contributed by atoms with van der Waals surface area (Å²) in [5.74, 6) is 1.42. The van der Waals surface area contributed by atoms with Crippen molar-refractivity contribution in [3.05, 3.63) is 0 Å². The first-order chi connectivity index (χ1) is 7.40. The first-order valence-corrected chi connectivity index (χ1v) is 5.90. The largest absolute Gasteiger partial charge is 0.350 e. The molecule has 3 aliphatic heterocycles. The molecule has 0 aliphatic carbocycles. The molecule has 15 heavy (non-hydrogen) atoms. The van der Waals surface area contributed by atoms with Crippen molar-refractivity contribution in [1.29, 1.82) is 5.26 Å². The van der Waals surface area contributed by atoms with Gasteiger partial charge in [0.25, 0.3) is 0 Å². The van der Waals surface area contributed by atoms with E-state index in [0.29, 0.717) is 12.5 Å². The van der Waals surface area contributed by atoms with Crippen molar-refractivity contribution in [2.45, 2.75) is 25.3 Å². The fourth-order valence-corrected chi connectivity index (χ4v) is 3.11. The maximum absolute atomic E-state index is 8.84. The van der Waals surface area contributed by atoms with Gasteiger partial charge in [0.15, 0.2) is 0 Å². The second kappa shape index (κ2) is 3.41. The van der Waals surface area contributed by atoms with Crippen LogP contribution in [0.3, 0.4) is 0 Å². The number of hydrogen-bond acceptors (Lipinski definition) is 3. The molecule has 1 saturated heterocycles. The van der Waals surface area contributed by atoms with Crippen LogP contribution in [0.4, 0.5) is 0 Å². The Labute approximate surface area is 90.4 Å². The van der Waals surface area contributed by atoms with E-state index in [1.54, 1.807) is 0 Å². The first kappa shape index (κ1) is 9.02. The van der Waals surface area contributed by atoms with Crippen LogP contribution >= 0.6 is 0 Å². The van der Waals surface area contributed by atoms with E-state index in [1.807, 2.05) is 0 Å². The minimum absolute atomic E-state index is 0.450. The molecule has 1 atom stereocenters. The monoisotopic (exact) mass is 205 g/mol. The van der Waals surface area contributed by atoms with Crippen LogP contribution in [-0.2, 0) is 0 Å². The summed E-state index contributed by atoms with van der Waals surface area (Å²) in [5.41, 5.74) is 0. The van der Waals surface area contributed by atoms with E-state index in [4.69, 9.17) is 5.26 Å². The molecule has 4 nitrogen and oxygen atoms in total. The zero-order chi connectivity index (χ0) is 10.3. The van der Waals surface area contributed by atoms with Gasteiger partial charge in [-0.25, -0.2) is 0 Å². The molecule has 3 rings (SSSR count). The maximum Gasteiger partial charge on any atom is 0.350 e. The smallest absolute Gasteiger partial charge is 0.265 e. The van der Waals surface area contributed by atoms with Crippen molar-refractivity contribution < 1.29 is 4.58 Å². The molecule has 80 valence electrons. The van der Waals surface area contributed by atoms with Crippen molar-refractivity contribution in [2.24, 2.45) is 0 Å². The SMILES string of the molecule is N#CCC1C[N+]2=C3N(CCCN31)CCC2. The molecule has 0 aromatic rings. The van der Waals surface area contributed by atoms with Gasteiger partial charge in [0, 0.05) is 12.8 Å². The lowest BCUT2D eigenvalue weighted by atomic mass is 10.2. The van der Waals surface area contributed by atoms with Crippen LogP contribution in [0, 0.1) is 11.3 Å². The minimum Gasteiger partial charge on any atom is -0.265 e. The average molecular weight is 205 g/mol. The summed E-state index contributed by atoms with van der Waals surface area (Å²) in [4.78, 5) is 4.97. The molecule has 4 heteroatoms. The molecule has 0 bridgehead atoms. The number of guanidine groups is 1. The predicted octanol–water partition coefficient (Wildman–Crippen LogP) is 0.0622. The number of nitrogens with zero attached hydrogens (tertiary/aromatic N) is 4. The van der Waals surface area contributed by atoms with Crippen molar-refractivity contribution in [3.8, 4) is 6.07 Å². The van der Waals surface area contributed by atoms with Crippen LogP contribution in [0.5, 0.6) is 0 Å². The molecule has 0 aromatic carbocycles. The third-order valence-corrected chi connectivity index (χ3v) is 3.70. The third kappa shape index (κ3) is 1.30. The van der Waals surface area contributed by atoms with Gasteiger partial charge < -0.3 is 0 Å². The van der Waals surface area contributed by atoms with Crippen LogP contribution in [0.1, 0.15) is 19.3 Å². The summed E-state index contributed by atoms with van der Waals surface area (Å²) in [6, 6.07) is 2.77. The van der Waals surface area contributed by atoms with Gasteiger partial charge >= 0.3 is 5.96 Å². The Kier molecular flexibility index (Phi) is 2.05. The Bertz CT molecular complexity index is 341. The van der Waals surface area contributed by atoms with Crippen molar-refractivity contribution in [2.75, 3.05) is 32.7 Å². The Hall–Kier alpha value is -1.24. The van der Waals surface area contributed by atoms with Crippen molar-refractivity contribution >= 4 is 5.96 Å². The van der Waals surface area contributed by atoms with Crippen LogP contribution in [0.2, 0.25) is 0 Å². The molecule has 3 aliphatic rings. The molecule has 3 heterocycles. The highest BCUT2D eigenvalue weighted by Crippen LogP contribution is 2.23. The topological polar surface area (TPSA) is 33.3 Å². The predicted molar refractivity (Wildman–Crippen MR) is 56.5 cm³/mol. The van der Waals surface area contributed by atoms with Gasteiger partial charge in [-0.2, -0.15) is 5.26 Å². The molecule has 0 spiro atoms. The highest BCUT2D eigenvalue weighted by Gasteiger charge is 2.45. The molecule has 1 fully saturated rings. The summed E-state index contributed by atoms with van der Waals surface area (Å²) < 4.78 is 2.48. The zero-order valence-electron chi connectivity index (χ0n) is 9.02. The lowest BCUT2D eigenvalue weighted by Gasteiger charge is -2.33. The molecule has 0 aromatic heterocycles. The van der Waals surface area contributed by atoms with Gasteiger partial charge in [0.05, 0.1) is 38.7 Å². The van der Waals surface area contributed by atoms with Gasteiger partial charge in [0.1, 0.15) is 12.6 Å². The fraction of sp³-hybridized carbons (Fsp3) is 0.818. The average Bonchev–Trinajstić information content (AvgIpc) is 2.61. The summed E-state index contributed by atoms with van der Waals surface area (Å²) in [7, 11) is 0. The Morgan fingerprint density at radius 1 is 1.33 bits per heavy atom. The molecule has 0 amide bonds. The van der Waals surface area contributed by atoms with Crippen LogP contribution < -0.4 is 0 Å². The van der Waals surface area contributed by atoms with Gasteiger partial charge in [-0.05, 0) is 0 Å². The second-order valence-corrected chi connectivity index (χ2v) is 4.65. The van der Waals surface area contributed by atoms with Crippen LogP contribution in [-0.4, -0.2) is 59.1 Å². The molecule has 1 unspecified atom stereocenters. The highest BCUT2D eigenvalue weighted by molar-refractivity contribution is 5.78. The molecule has 0 N–H and O–H groups in total. The number of hydrogen-bond donors (Lipinski definition) is 0. The van der Waals surface area contributed by atoms with E-state index >= 15 is 0 Å². The zero-order valence-corrected chi connectivity index (χ0v) is 9.02. The van der Waals surface area contributed by atoms with Crippen LogP contribution in [0.15, 0.2) is 0 Å². The van der Waals surface area contributed by atoms with Gasteiger partial charge in [-0.3, -0.25) is 14.4 Å². The summed E-state index contributed by atoms with van der Waals surface area (Å²) in [5, 5.41) is 8.84. The first-order valence-electron chi connectivity index (χ1n) is 5.90. The van der Waals surface area contributed by atoms with E-state index in [0.717, 1.165) is 13.1 Å². The number of nitriles is 1. The van der Waals surface area contributed by atoms with Gasteiger partial charge in [-0.1, -0.05) is 0 Å². The molecular formula is C11H17N4+. The van der Waals surface area contributed by atoms with E-state index in [-0.39, 0.29) is 0 Å². The quantitative estimate of drug-likeness (QED) is 0.568. The van der Waals surface area contributed by atoms with E-state index < -0.39 is 0 Å². The van der Waals surface area contributed by atoms with E-state index in [2.05, 4.69) is 20.4 Å².